The van der Waals surface area contributed by atoms with E-state index in [0.29, 0.717) is 16.3 Å². The Morgan fingerprint density at radius 2 is 2.32 bits per heavy atom. The van der Waals surface area contributed by atoms with Crippen molar-refractivity contribution in [2.24, 2.45) is 0 Å². The standard InChI is InChI=1S/C19H13N3O2S/c1-11-15-8-12(4-5-16(15)21-18(11)23)17-10-25-19(22-17)13(9-20)7-14-3-2-6-24-14/h2-8,10-11H,1H3,(H,21,23)/b13-7-. The molecule has 3 aromatic rings. The molecule has 4 rings (SSSR count). The molecular weight excluding hydrogens is 334 g/mol. The number of allylic oxidation sites excluding steroid dienone is 1. The minimum absolute atomic E-state index is 0.0132. The predicted octanol–water partition coefficient (Wildman–Crippen LogP) is 4.52. The van der Waals surface area contributed by atoms with Gasteiger partial charge in [0.2, 0.25) is 5.91 Å². The van der Waals surface area contributed by atoms with E-state index in [9.17, 15) is 10.1 Å². The Labute approximate surface area is 148 Å². The molecule has 1 aromatic carbocycles. The normalized spacial score (nSPS) is 16.4. The van der Waals surface area contributed by atoms with E-state index in [1.165, 1.54) is 11.3 Å². The highest BCUT2D eigenvalue weighted by Gasteiger charge is 2.26. The first-order valence-electron chi connectivity index (χ1n) is 7.72. The number of aromatic nitrogens is 1. The summed E-state index contributed by atoms with van der Waals surface area (Å²) in [6.45, 7) is 1.89. The number of nitriles is 1. The van der Waals surface area contributed by atoms with Crippen LogP contribution in [0.3, 0.4) is 0 Å². The molecule has 2 aromatic heterocycles. The van der Waals surface area contributed by atoms with Gasteiger partial charge in [-0.2, -0.15) is 5.26 Å². The largest absolute Gasteiger partial charge is 0.465 e. The van der Waals surface area contributed by atoms with Gasteiger partial charge in [0.15, 0.2) is 0 Å². The highest BCUT2D eigenvalue weighted by Crippen LogP contribution is 2.36. The number of hydrogen-bond donors (Lipinski definition) is 1. The quantitative estimate of drug-likeness (QED) is 0.706. The van der Waals surface area contributed by atoms with Crippen LogP contribution in [0.1, 0.15) is 29.2 Å². The lowest BCUT2D eigenvalue weighted by molar-refractivity contribution is -0.116. The fourth-order valence-corrected chi connectivity index (χ4v) is 3.56. The third-order valence-corrected chi connectivity index (χ3v) is 5.03. The molecule has 6 heteroatoms. The van der Waals surface area contributed by atoms with E-state index in [2.05, 4.69) is 16.4 Å². The van der Waals surface area contributed by atoms with Gasteiger partial charge < -0.3 is 9.73 Å². The summed E-state index contributed by atoms with van der Waals surface area (Å²) >= 11 is 1.41. The van der Waals surface area contributed by atoms with Crippen LogP contribution >= 0.6 is 11.3 Å². The van der Waals surface area contributed by atoms with Crippen LogP contribution in [0.5, 0.6) is 0 Å². The van der Waals surface area contributed by atoms with E-state index < -0.39 is 0 Å². The Balaban J connectivity index is 1.69. The SMILES string of the molecule is CC1C(=O)Nc2ccc(-c3csc(/C(C#N)=C\c4ccco4)n3)cc21. The lowest BCUT2D eigenvalue weighted by atomic mass is 9.99. The topological polar surface area (TPSA) is 78.9 Å². The molecule has 1 atom stereocenters. The molecular formula is C19H13N3O2S. The maximum absolute atomic E-state index is 11.8. The number of benzene rings is 1. The van der Waals surface area contributed by atoms with Gasteiger partial charge >= 0.3 is 0 Å². The molecule has 122 valence electrons. The monoisotopic (exact) mass is 347 g/mol. The Hall–Kier alpha value is -3.17. The molecule has 1 N–H and O–H groups in total. The fourth-order valence-electron chi connectivity index (χ4n) is 2.76. The molecule has 0 spiro atoms. The average molecular weight is 347 g/mol. The maximum atomic E-state index is 11.8. The number of hydrogen-bond acceptors (Lipinski definition) is 5. The molecule has 1 aliphatic rings. The molecule has 1 amide bonds. The number of amides is 1. The number of anilines is 1. The number of carbonyl (C=O) groups excluding carboxylic acids is 1. The van der Waals surface area contributed by atoms with E-state index in [0.717, 1.165) is 22.5 Å². The van der Waals surface area contributed by atoms with Gasteiger partial charge in [-0.3, -0.25) is 4.79 Å². The van der Waals surface area contributed by atoms with E-state index in [4.69, 9.17) is 4.42 Å². The van der Waals surface area contributed by atoms with Crippen molar-refractivity contribution in [1.82, 2.24) is 4.98 Å². The number of fused-ring (bicyclic) bond motifs is 1. The highest BCUT2D eigenvalue weighted by atomic mass is 32.1. The highest BCUT2D eigenvalue weighted by molar-refractivity contribution is 7.11. The lowest BCUT2D eigenvalue weighted by Gasteiger charge is -2.03. The van der Waals surface area contributed by atoms with E-state index >= 15 is 0 Å². The summed E-state index contributed by atoms with van der Waals surface area (Å²) in [6, 6.07) is 11.5. The van der Waals surface area contributed by atoms with Crippen molar-refractivity contribution in [3.05, 3.63) is 58.3 Å². The van der Waals surface area contributed by atoms with Crippen molar-refractivity contribution >= 4 is 34.6 Å². The van der Waals surface area contributed by atoms with Gasteiger partial charge in [-0.05, 0) is 36.8 Å². The summed E-state index contributed by atoms with van der Waals surface area (Å²) in [7, 11) is 0. The number of thiazole rings is 1. The van der Waals surface area contributed by atoms with E-state index in [1.54, 1.807) is 24.5 Å². The molecule has 0 radical (unpaired) electrons. The van der Waals surface area contributed by atoms with Crippen LogP contribution in [0.15, 0.2) is 46.4 Å². The average Bonchev–Trinajstić information content (AvgIpc) is 3.35. The van der Waals surface area contributed by atoms with Crippen molar-refractivity contribution < 1.29 is 9.21 Å². The molecule has 0 aliphatic carbocycles. The van der Waals surface area contributed by atoms with Crippen molar-refractivity contribution in [2.45, 2.75) is 12.8 Å². The summed E-state index contributed by atoms with van der Waals surface area (Å²) in [6.07, 6.45) is 3.24. The van der Waals surface area contributed by atoms with Crippen LogP contribution in [0.2, 0.25) is 0 Å². The Morgan fingerprint density at radius 3 is 3.08 bits per heavy atom. The van der Waals surface area contributed by atoms with Gasteiger partial charge in [-0.1, -0.05) is 6.07 Å². The smallest absolute Gasteiger partial charge is 0.231 e. The maximum Gasteiger partial charge on any atom is 0.231 e. The molecule has 0 saturated carbocycles. The van der Waals surface area contributed by atoms with Crippen molar-refractivity contribution in [1.29, 1.82) is 5.26 Å². The van der Waals surface area contributed by atoms with Crippen LogP contribution < -0.4 is 5.32 Å². The van der Waals surface area contributed by atoms with Crippen LogP contribution in [0.25, 0.3) is 22.9 Å². The molecule has 0 fully saturated rings. The molecule has 1 aliphatic heterocycles. The van der Waals surface area contributed by atoms with Crippen LogP contribution in [0, 0.1) is 11.3 Å². The van der Waals surface area contributed by atoms with Crippen LogP contribution in [0.4, 0.5) is 5.69 Å². The second kappa shape index (κ2) is 6.04. The lowest BCUT2D eigenvalue weighted by Crippen LogP contribution is -2.08. The van der Waals surface area contributed by atoms with Crippen molar-refractivity contribution in [2.75, 3.05) is 5.32 Å². The minimum atomic E-state index is -0.165. The minimum Gasteiger partial charge on any atom is -0.465 e. The number of rotatable bonds is 3. The summed E-state index contributed by atoms with van der Waals surface area (Å²) in [5.41, 5.74) is 4.00. The summed E-state index contributed by atoms with van der Waals surface area (Å²) in [5, 5.41) is 14.8. The first-order chi connectivity index (χ1) is 12.2. The molecule has 3 heterocycles. The van der Waals surface area contributed by atoms with Crippen LogP contribution in [-0.4, -0.2) is 10.9 Å². The molecule has 5 nitrogen and oxygen atoms in total. The van der Waals surface area contributed by atoms with Crippen LogP contribution in [-0.2, 0) is 4.79 Å². The van der Waals surface area contributed by atoms with Gasteiger partial charge in [-0.25, -0.2) is 4.98 Å². The second-order valence-corrected chi connectivity index (χ2v) is 6.59. The number of furan rings is 1. The molecule has 0 bridgehead atoms. The van der Waals surface area contributed by atoms with Gasteiger partial charge in [0.1, 0.15) is 16.8 Å². The van der Waals surface area contributed by atoms with Crippen molar-refractivity contribution in [3.63, 3.8) is 0 Å². The van der Waals surface area contributed by atoms with Gasteiger partial charge in [-0.15, -0.1) is 11.3 Å². The summed E-state index contributed by atoms with van der Waals surface area (Å²) in [4.78, 5) is 16.4. The summed E-state index contributed by atoms with van der Waals surface area (Å²) in [5.74, 6) is 0.463. The Bertz CT molecular complexity index is 1030. The van der Waals surface area contributed by atoms with Crippen molar-refractivity contribution in [3.8, 4) is 17.3 Å². The van der Waals surface area contributed by atoms with Gasteiger partial charge in [0.05, 0.1) is 23.4 Å². The zero-order chi connectivity index (χ0) is 17.4. The zero-order valence-electron chi connectivity index (χ0n) is 13.3. The molecule has 1 unspecified atom stereocenters. The fraction of sp³-hybridized carbons (Fsp3) is 0.105. The van der Waals surface area contributed by atoms with Gasteiger partial charge in [0.25, 0.3) is 0 Å². The van der Waals surface area contributed by atoms with E-state index in [-0.39, 0.29) is 11.8 Å². The number of carbonyl (C=O) groups is 1. The second-order valence-electron chi connectivity index (χ2n) is 5.74. The van der Waals surface area contributed by atoms with E-state index in [1.807, 2.05) is 30.5 Å². The first kappa shape index (κ1) is 15.4. The molecule has 0 saturated heterocycles. The summed E-state index contributed by atoms with van der Waals surface area (Å²) < 4.78 is 5.26. The zero-order valence-corrected chi connectivity index (χ0v) is 14.1. The number of nitrogens with one attached hydrogen (secondary N) is 1. The Morgan fingerprint density at radius 1 is 1.44 bits per heavy atom. The molecule has 25 heavy (non-hydrogen) atoms. The first-order valence-corrected chi connectivity index (χ1v) is 8.60. The third-order valence-electron chi connectivity index (χ3n) is 4.15. The Kier molecular flexibility index (Phi) is 3.71. The number of nitrogens with zero attached hydrogens (tertiary/aromatic N) is 2. The van der Waals surface area contributed by atoms with Gasteiger partial charge in [0, 0.05) is 22.7 Å². The predicted molar refractivity (Wildman–Crippen MR) is 96.8 cm³/mol. The third kappa shape index (κ3) is 2.75.